The fourth-order valence-electron chi connectivity index (χ4n) is 2.64. The SMILES string of the molecule is CN(CCc1ccncc1)c1ccnc(N(C)CCc2ccncc2)n1. The van der Waals surface area contributed by atoms with E-state index in [1.807, 2.05) is 68.4 Å². The molecule has 0 aliphatic heterocycles. The van der Waals surface area contributed by atoms with Crippen LogP contribution >= 0.6 is 0 Å². The van der Waals surface area contributed by atoms with E-state index < -0.39 is 0 Å². The molecule has 6 nitrogen and oxygen atoms in total. The maximum absolute atomic E-state index is 4.71. The Kier molecular flexibility index (Phi) is 6.09. The van der Waals surface area contributed by atoms with Gasteiger partial charge in [0.15, 0.2) is 0 Å². The first kappa shape index (κ1) is 17.8. The Balaban J connectivity index is 1.58. The number of rotatable bonds is 8. The zero-order valence-corrected chi connectivity index (χ0v) is 15.3. The Hall–Kier alpha value is -3.02. The summed E-state index contributed by atoms with van der Waals surface area (Å²) in [7, 11) is 4.08. The first-order valence-corrected chi connectivity index (χ1v) is 8.75. The van der Waals surface area contributed by atoms with Gasteiger partial charge in [0.2, 0.25) is 5.95 Å². The molecule has 0 bridgehead atoms. The molecule has 0 unspecified atom stereocenters. The molecule has 0 N–H and O–H groups in total. The number of hydrogen-bond donors (Lipinski definition) is 0. The molecule has 3 rings (SSSR count). The van der Waals surface area contributed by atoms with Crippen LogP contribution in [0.25, 0.3) is 0 Å². The smallest absolute Gasteiger partial charge is 0.227 e. The molecule has 6 heteroatoms. The Morgan fingerprint density at radius 1 is 0.692 bits per heavy atom. The lowest BCUT2D eigenvalue weighted by molar-refractivity contribution is 0.817. The van der Waals surface area contributed by atoms with Crippen molar-refractivity contribution < 1.29 is 0 Å². The van der Waals surface area contributed by atoms with E-state index in [2.05, 4.69) is 31.8 Å². The van der Waals surface area contributed by atoms with Gasteiger partial charge in [-0.2, -0.15) is 4.98 Å². The third-order valence-electron chi connectivity index (χ3n) is 4.33. The highest BCUT2D eigenvalue weighted by atomic mass is 15.3. The number of nitrogens with zero attached hydrogens (tertiary/aromatic N) is 6. The second kappa shape index (κ2) is 8.89. The van der Waals surface area contributed by atoms with Crippen molar-refractivity contribution in [2.24, 2.45) is 0 Å². The summed E-state index contributed by atoms with van der Waals surface area (Å²) in [5.41, 5.74) is 2.54. The highest BCUT2D eigenvalue weighted by molar-refractivity contribution is 5.43. The van der Waals surface area contributed by atoms with Gasteiger partial charge in [-0.3, -0.25) is 9.97 Å². The van der Waals surface area contributed by atoms with E-state index in [0.717, 1.165) is 37.7 Å². The van der Waals surface area contributed by atoms with E-state index >= 15 is 0 Å². The standard InChI is InChI=1S/C20H24N6/c1-25(15-8-17-3-10-21-11-4-17)19-7-14-23-20(24-19)26(2)16-9-18-5-12-22-13-6-18/h3-7,10-14H,8-9,15-16H2,1-2H3. The van der Waals surface area contributed by atoms with Crippen LogP contribution in [-0.2, 0) is 12.8 Å². The van der Waals surface area contributed by atoms with Gasteiger partial charge < -0.3 is 9.80 Å². The van der Waals surface area contributed by atoms with Gasteiger partial charge in [0, 0.05) is 58.2 Å². The summed E-state index contributed by atoms with van der Waals surface area (Å²) in [6, 6.07) is 10.1. The van der Waals surface area contributed by atoms with Crippen molar-refractivity contribution in [1.82, 2.24) is 19.9 Å². The minimum absolute atomic E-state index is 0.743. The van der Waals surface area contributed by atoms with Gasteiger partial charge in [0.1, 0.15) is 5.82 Å². The van der Waals surface area contributed by atoms with Crippen LogP contribution in [0.4, 0.5) is 11.8 Å². The normalized spacial score (nSPS) is 10.5. The molecule has 0 fully saturated rings. The van der Waals surface area contributed by atoms with E-state index in [9.17, 15) is 0 Å². The minimum Gasteiger partial charge on any atom is -0.359 e. The molecule has 0 aliphatic carbocycles. The zero-order valence-electron chi connectivity index (χ0n) is 15.3. The molecule has 0 aliphatic rings. The maximum atomic E-state index is 4.71. The van der Waals surface area contributed by atoms with E-state index in [-0.39, 0.29) is 0 Å². The molecule has 0 atom stereocenters. The van der Waals surface area contributed by atoms with Crippen LogP contribution in [-0.4, -0.2) is 47.1 Å². The highest BCUT2D eigenvalue weighted by Crippen LogP contribution is 2.14. The van der Waals surface area contributed by atoms with Crippen LogP contribution in [0.15, 0.2) is 61.3 Å². The second-order valence-corrected chi connectivity index (χ2v) is 6.27. The molecule has 3 aromatic heterocycles. The third-order valence-corrected chi connectivity index (χ3v) is 4.33. The number of hydrogen-bond acceptors (Lipinski definition) is 6. The van der Waals surface area contributed by atoms with Crippen LogP contribution in [0.3, 0.4) is 0 Å². The van der Waals surface area contributed by atoms with E-state index in [4.69, 9.17) is 4.98 Å². The van der Waals surface area contributed by atoms with Gasteiger partial charge in [-0.05, 0) is 54.3 Å². The predicted molar refractivity (Wildman–Crippen MR) is 104 cm³/mol. The highest BCUT2D eigenvalue weighted by Gasteiger charge is 2.09. The van der Waals surface area contributed by atoms with Crippen LogP contribution < -0.4 is 9.80 Å². The molecule has 3 heterocycles. The Labute approximate surface area is 154 Å². The van der Waals surface area contributed by atoms with Gasteiger partial charge in [-0.1, -0.05) is 0 Å². The summed E-state index contributed by atoms with van der Waals surface area (Å²) in [4.78, 5) is 21.5. The van der Waals surface area contributed by atoms with Gasteiger partial charge in [-0.25, -0.2) is 4.98 Å². The van der Waals surface area contributed by atoms with Crippen LogP contribution in [0.5, 0.6) is 0 Å². The fourth-order valence-corrected chi connectivity index (χ4v) is 2.64. The molecule has 0 amide bonds. The van der Waals surface area contributed by atoms with Crippen molar-refractivity contribution in [3.8, 4) is 0 Å². The molecule has 0 spiro atoms. The third kappa shape index (κ3) is 4.99. The lowest BCUT2D eigenvalue weighted by Crippen LogP contribution is -2.25. The lowest BCUT2D eigenvalue weighted by Gasteiger charge is -2.21. The number of anilines is 2. The molecular weight excluding hydrogens is 324 g/mol. The molecule has 26 heavy (non-hydrogen) atoms. The number of aromatic nitrogens is 4. The van der Waals surface area contributed by atoms with E-state index in [1.54, 1.807) is 0 Å². The van der Waals surface area contributed by atoms with Crippen LogP contribution in [0, 0.1) is 0 Å². The summed E-state index contributed by atoms with van der Waals surface area (Å²) >= 11 is 0. The molecule has 3 aromatic rings. The average molecular weight is 348 g/mol. The average Bonchev–Trinajstić information content (AvgIpc) is 2.72. The van der Waals surface area contributed by atoms with E-state index in [0.29, 0.717) is 0 Å². The first-order chi connectivity index (χ1) is 12.7. The van der Waals surface area contributed by atoms with Crippen molar-refractivity contribution in [1.29, 1.82) is 0 Å². The predicted octanol–water partition coefficient (Wildman–Crippen LogP) is 2.62. The first-order valence-electron chi connectivity index (χ1n) is 8.75. The summed E-state index contributed by atoms with van der Waals surface area (Å²) in [6.45, 7) is 1.75. The molecular formula is C20H24N6. The zero-order chi connectivity index (χ0) is 18.2. The summed E-state index contributed by atoms with van der Waals surface area (Å²) in [6.07, 6.45) is 11.0. The fraction of sp³-hybridized carbons (Fsp3) is 0.300. The lowest BCUT2D eigenvalue weighted by atomic mass is 10.2. The Morgan fingerprint density at radius 2 is 1.23 bits per heavy atom. The number of pyridine rings is 2. The molecule has 134 valence electrons. The summed E-state index contributed by atoms with van der Waals surface area (Å²) in [5, 5.41) is 0. The van der Waals surface area contributed by atoms with Crippen LogP contribution in [0.2, 0.25) is 0 Å². The number of likely N-dealkylation sites (N-methyl/N-ethyl adjacent to an activating group) is 2. The largest absolute Gasteiger partial charge is 0.359 e. The minimum atomic E-state index is 0.743. The Morgan fingerprint density at radius 3 is 1.81 bits per heavy atom. The second-order valence-electron chi connectivity index (χ2n) is 6.27. The van der Waals surface area contributed by atoms with Gasteiger partial charge in [-0.15, -0.1) is 0 Å². The van der Waals surface area contributed by atoms with Crippen molar-refractivity contribution in [3.05, 3.63) is 72.4 Å². The van der Waals surface area contributed by atoms with Gasteiger partial charge in [0.05, 0.1) is 0 Å². The molecule has 0 saturated heterocycles. The van der Waals surface area contributed by atoms with Crippen molar-refractivity contribution in [2.45, 2.75) is 12.8 Å². The van der Waals surface area contributed by atoms with Gasteiger partial charge in [0.25, 0.3) is 0 Å². The van der Waals surface area contributed by atoms with Crippen molar-refractivity contribution >= 4 is 11.8 Å². The van der Waals surface area contributed by atoms with Crippen molar-refractivity contribution in [2.75, 3.05) is 37.0 Å². The van der Waals surface area contributed by atoms with Crippen LogP contribution in [0.1, 0.15) is 11.1 Å². The Bertz CT molecular complexity index is 729. The van der Waals surface area contributed by atoms with E-state index in [1.165, 1.54) is 11.1 Å². The monoisotopic (exact) mass is 348 g/mol. The molecule has 0 radical (unpaired) electrons. The topological polar surface area (TPSA) is 58.0 Å². The van der Waals surface area contributed by atoms with Gasteiger partial charge >= 0.3 is 0 Å². The molecule has 0 aromatic carbocycles. The maximum Gasteiger partial charge on any atom is 0.227 e. The van der Waals surface area contributed by atoms with Crippen molar-refractivity contribution in [3.63, 3.8) is 0 Å². The summed E-state index contributed by atoms with van der Waals surface area (Å²) < 4.78 is 0. The molecule has 0 saturated carbocycles. The summed E-state index contributed by atoms with van der Waals surface area (Å²) in [5.74, 6) is 1.67. The quantitative estimate of drug-likeness (QED) is 0.624.